The van der Waals surface area contributed by atoms with Crippen LogP contribution in [0.25, 0.3) is 0 Å². The lowest BCUT2D eigenvalue weighted by molar-refractivity contribution is -0.139. The van der Waals surface area contributed by atoms with Crippen molar-refractivity contribution in [1.82, 2.24) is 9.97 Å². The summed E-state index contributed by atoms with van der Waals surface area (Å²) < 4.78 is 15.1. The number of aromatic amines is 1. The summed E-state index contributed by atoms with van der Waals surface area (Å²) in [4.78, 5) is 42.2. The highest BCUT2D eigenvalue weighted by Gasteiger charge is 2.19. The molecule has 1 amide bonds. The summed E-state index contributed by atoms with van der Waals surface area (Å²) in [5.74, 6) is 0.409. The van der Waals surface area contributed by atoms with Gasteiger partial charge in [-0.3, -0.25) is 14.4 Å². The van der Waals surface area contributed by atoms with Gasteiger partial charge in [0.25, 0.3) is 5.56 Å². The van der Waals surface area contributed by atoms with E-state index in [4.69, 9.17) is 9.47 Å². The van der Waals surface area contributed by atoms with Crippen molar-refractivity contribution < 1.29 is 23.8 Å². The quantitative estimate of drug-likeness (QED) is 0.430. The van der Waals surface area contributed by atoms with Crippen LogP contribution in [0.5, 0.6) is 11.5 Å². The molecule has 2 aromatic rings. The lowest BCUT2D eigenvalue weighted by Gasteiger charge is -2.12. The van der Waals surface area contributed by atoms with Crippen LogP contribution in [0.1, 0.15) is 12.6 Å². The number of fused-ring (bicyclic) bond motifs is 1. The number of rotatable bonds is 6. The number of ether oxygens (including phenoxy) is 3. The van der Waals surface area contributed by atoms with Crippen LogP contribution in [-0.4, -0.2) is 41.0 Å². The molecule has 1 atom stereocenters. The number of benzene rings is 1. The van der Waals surface area contributed by atoms with Crippen LogP contribution in [0.4, 0.5) is 5.69 Å². The van der Waals surface area contributed by atoms with Gasteiger partial charge in [-0.15, -0.1) is 0 Å². The Hall–Kier alpha value is -3.01. The van der Waals surface area contributed by atoms with Crippen molar-refractivity contribution in [2.24, 2.45) is 0 Å². The van der Waals surface area contributed by atoms with Crippen LogP contribution in [-0.2, 0) is 20.7 Å². The number of carbonyl (C=O) groups excluding carboxylic acids is 2. The first-order valence-electron chi connectivity index (χ1n) is 7.99. The molecule has 0 fully saturated rings. The SMILES string of the molecule is COC(=O)Cc1cc(=O)[nH]c(S[C@@H](C)C(=O)Nc2ccc3c(c2)OCO3)n1. The maximum atomic E-state index is 12.4. The molecular formula is C17H17N3O6S. The van der Waals surface area contributed by atoms with Gasteiger partial charge in [0.05, 0.1) is 24.5 Å². The Bertz CT molecular complexity index is 929. The first-order chi connectivity index (χ1) is 12.9. The minimum absolute atomic E-state index is 0.119. The van der Waals surface area contributed by atoms with Crippen molar-refractivity contribution in [3.8, 4) is 11.5 Å². The van der Waals surface area contributed by atoms with Crippen molar-refractivity contribution in [3.63, 3.8) is 0 Å². The normalized spacial score (nSPS) is 13.1. The number of thioether (sulfide) groups is 1. The predicted molar refractivity (Wildman–Crippen MR) is 97.1 cm³/mol. The number of aromatic nitrogens is 2. The predicted octanol–water partition coefficient (Wildman–Crippen LogP) is 1.33. The molecule has 0 spiro atoms. The molecule has 1 aromatic heterocycles. The first-order valence-corrected chi connectivity index (χ1v) is 8.87. The molecule has 10 heteroatoms. The van der Waals surface area contributed by atoms with Gasteiger partial charge in [-0.1, -0.05) is 11.8 Å². The maximum Gasteiger partial charge on any atom is 0.311 e. The van der Waals surface area contributed by atoms with Gasteiger partial charge in [0.2, 0.25) is 12.7 Å². The molecule has 0 radical (unpaired) electrons. The summed E-state index contributed by atoms with van der Waals surface area (Å²) in [5, 5.41) is 2.47. The lowest BCUT2D eigenvalue weighted by atomic mass is 10.2. The second-order valence-corrected chi connectivity index (χ2v) is 6.94. The number of esters is 1. The fraction of sp³-hybridized carbons (Fsp3) is 0.294. The van der Waals surface area contributed by atoms with Gasteiger partial charge in [-0.2, -0.15) is 0 Å². The van der Waals surface area contributed by atoms with Gasteiger partial charge in [0, 0.05) is 17.8 Å². The topological polar surface area (TPSA) is 120 Å². The molecule has 27 heavy (non-hydrogen) atoms. The third kappa shape index (κ3) is 4.79. The zero-order chi connectivity index (χ0) is 19.4. The number of nitrogens with zero attached hydrogens (tertiary/aromatic N) is 1. The molecule has 1 aromatic carbocycles. The second kappa shape index (κ2) is 8.12. The van der Waals surface area contributed by atoms with Gasteiger partial charge in [-0.25, -0.2) is 4.98 Å². The van der Waals surface area contributed by atoms with E-state index in [2.05, 4.69) is 20.0 Å². The number of methoxy groups -OCH3 is 1. The Morgan fingerprint density at radius 2 is 2.11 bits per heavy atom. The molecule has 0 saturated heterocycles. The Labute approximate surface area is 158 Å². The van der Waals surface area contributed by atoms with E-state index in [1.807, 2.05) is 0 Å². The summed E-state index contributed by atoms with van der Waals surface area (Å²) in [6.45, 7) is 1.83. The van der Waals surface area contributed by atoms with Crippen molar-refractivity contribution in [3.05, 3.63) is 40.3 Å². The largest absolute Gasteiger partial charge is 0.469 e. The van der Waals surface area contributed by atoms with E-state index in [1.54, 1.807) is 25.1 Å². The highest BCUT2D eigenvalue weighted by atomic mass is 32.2. The Morgan fingerprint density at radius 3 is 2.89 bits per heavy atom. The van der Waals surface area contributed by atoms with E-state index in [0.29, 0.717) is 17.2 Å². The highest BCUT2D eigenvalue weighted by Crippen LogP contribution is 2.34. The summed E-state index contributed by atoms with van der Waals surface area (Å²) >= 11 is 1.07. The number of hydrogen-bond donors (Lipinski definition) is 2. The van der Waals surface area contributed by atoms with Gasteiger partial charge in [0.1, 0.15) is 0 Å². The minimum Gasteiger partial charge on any atom is -0.469 e. The van der Waals surface area contributed by atoms with E-state index >= 15 is 0 Å². The Morgan fingerprint density at radius 1 is 1.33 bits per heavy atom. The number of carbonyl (C=O) groups is 2. The summed E-state index contributed by atoms with van der Waals surface area (Å²) in [6, 6.07) is 6.32. The van der Waals surface area contributed by atoms with Gasteiger partial charge in [-0.05, 0) is 19.1 Å². The lowest BCUT2D eigenvalue weighted by Crippen LogP contribution is -2.23. The molecule has 0 bridgehead atoms. The average Bonchev–Trinajstić information content (AvgIpc) is 3.08. The smallest absolute Gasteiger partial charge is 0.311 e. The fourth-order valence-corrected chi connectivity index (χ4v) is 3.12. The average molecular weight is 391 g/mol. The monoisotopic (exact) mass is 391 g/mol. The molecule has 3 rings (SSSR count). The Kier molecular flexibility index (Phi) is 5.65. The number of hydrogen-bond acceptors (Lipinski definition) is 8. The summed E-state index contributed by atoms with van der Waals surface area (Å²) in [6.07, 6.45) is -0.119. The van der Waals surface area contributed by atoms with Crippen molar-refractivity contribution >= 4 is 29.3 Å². The maximum absolute atomic E-state index is 12.4. The summed E-state index contributed by atoms with van der Waals surface area (Å²) in [7, 11) is 1.26. The second-order valence-electron chi connectivity index (χ2n) is 5.61. The van der Waals surface area contributed by atoms with Gasteiger partial charge >= 0.3 is 5.97 Å². The molecule has 0 aliphatic carbocycles. The molecule has 0 unspecified atom stereocenters. The van der Waals surface area contributed by atoms with E-state index in [-0.39, 0.29) is 30.0 Å². The summed E-state index contributed by atoms with van der Waals surface area (Å²) in [5.41, 5.74) is 0.434. The Balaban J connectivity index is 1.65. The number of anilines is 1. The first kappa shape index (κ1) is 18.8. The molecule has 1 aliphatic rings. The molecule has 142 valence electrons. The van der Waals surface area contributed by atoms with E-state index in [9.17, 15) is 14.4 Å². The third-order valence-electron chi connectivity index (χ3n) is 3.62. The molecule has 1 aliphatic heterocycles. The number of H-pyrrole nitrogens is 1. The van der Waals surface area contributed by atoms with Crippen LogP contribution >= 0.6 is 11.8 Å². The standard InChI is InChI=1S/C17H17N3O6S/c1-9(16(23)18-10-3-4-12-13(5-10)26-8-25-12)27-17-19-11(6-14(21)20-17)7-15(22)24-2/h3-6,9H,7-8H2,1-2H3,(H,18,23)(H,19,20,21)/t9-/m0/s1. The van der Waals surface area contributed by atoms with E-state index in [0.717, 1.165) is 11.8 Å². The van der Waals surface area contributed by atoms with Crippen molar-refractivity contribution in [1.29, 1.82) is 0 Å². The van der Waals surface area contributed by atoms with E-state index in [1.165, 1.54) is 13.2 Å². The minimum atomic E-state index is -0.549. The van der Waals surface area contributed by atoms with Crippen LogP contribution in [0.2, 0.25) is 0 Å². The zero-order valence-corrected chi connectivity index (χ0v) is 15.4. The van der Waals surface area contributed by atoms with Crippen LogP contribution in [0, 0.1) is 0 Å². The van der Waals surface area contributed by atoms with Gasteiger partial charge in [0.15, 0.2) is 16.7 Å². The number of nitrogens with one attached hydrogen (secondary N) is 2. The van der Waals surface area contributed by atoms with Crippen LogP contribution in [0.15, 0.2) is 34.2 Å². The van der Waals surface area contributed by atoms with Gasteiger partial charge < -0.3 is 24.5 Å². The fourth-order valence-electron chi connectivity index (χ4n) is 2.29. The van der Waals surface area contributed by atoms with Crippen LogP contribution < -0.4 is 20.3 Å². The molecule has 2 N–H and O–H groups in total. The number of amides is 1. The van der Waals surface area contributed by atoms with Crippen molar-refractivity contribution in [2.45, 2.75) is 23.8 Å². The van der Waals surface area contributed by atoms with E-state index < -0.39 is 16.8 Å². The van der Waals surface area contributed by atoms with Crippen LogP contribution in [0.3, 0.4) is 0 Å². The highest BCUT2D eigenvalue weighted by molar-refractivity contribution is 8.00. The third-order valence-corrected chi connectivity index (χ3v) is 4.61. The molecule has 2 heterocycles. The molecule has 0 saturated carbocycles. The molecule has 9 nitrogen and oxygen atoms in total. The molecular weight excluding hydrogens is 374 g/mol. The zero-order valence-electron chi connectivity index (χ0n) is 14.6. The van der Waals surface area contributed by atoms with Crippen molar-refractivity contribution in [2.75, 3.05) is 19.2 Å².